The van der Waals surface area contributed by atoms with Gasteiger partial charge in [0.2, 0.25) is 11.8 Å². The number of hydrogen-bond donors (Lipinski definition) is 1. The van der Waals surface area contributed by atoms with Gasteiger partial charge < -0.3 is 10.5 Å². The molecule has 1 saturated carbocycles. The van der Waals surface area contributed by atoms with E-state index in [1.807, 2.05) is 4.57 Å². The van der Waals surface area contributed by atoms with E-state index in [0.717, 1.165) is 12.2 Å². The van der Waals surface area contributed by atoms with Gasteiger partial charge in [0.1, 0.15) is 6.33 Å². The summed E-state index contributed by atoms with van der Waals surface area (Å²) in [6.07, 6.45) is 7.89. The van der Waals surface area contributed by atoms with Crippen LogP contribution in [0, 0.1) is 5.41 Å². The smallest absolute Gasteiger partial charge is 0.245 e. The number of nitrogen functional groups attached to an aromatic ring is 1. The van der Waals surface area contributed by atoms with Crippen molar-refractivity contribution in [2.75, 3.05) is 12.8 Å². The molecule has 6 heteroatoms. The molecule has 3 rings (SSSR count). The summed E-state index contributed by atoms with van der Waals surface area (Å²) in [4.78, 5) is 12.8. The molecule has 0 atom stereocenters. The fraction of sp³-hybridized carbons (Fsp3) is 0.643. The van der Waals surface area contributed by atoms with Crippen LogP contribution in [0.1, 0.15) is 39.0 Å². The lowest BCUT2D eigenvalue weighted by molar-refractivity contribution is 0.186. The highest BCUT2D eigenvalue weighted by Gasteiger charge is 2.29. The van der Waals surface area contributed by atoms with Crippen molar-refractivity contribution < 1.29 is 4.74 Å². The lowest BCUT2D eigenvalue weighted by Crippen LogP contribution is -2.26. The molecule has 0 radical (unpaired) electrons. The number of rotatable bonds is 3. The molecule has 0 aromatic carbocycles. The average molecular weight is 275 g/mol. The lowest BCUT2D eigenvalue weighted by atomic mass is 9.75. The van der Waals surface area contributed by atoms with E-state index >= 15 is 0 Å². The maximum Gasteiger partial charge on any atom is 0.245 e. The highest BCUT2D eigenvalue weighted by atomic mass is 16.5. The van der Waals surface area contributed by atoms with Crippen molar-refractivity contribution >= 4 is 17.1 Å². The number of nitrogens with two attached hydrogens (primary N) is 1. The molecule has 1 fully saturated rings. The lowest BCUT2D eigenvalue weighted by Gasteiger charge is -2.34. The molecule has 0 bridgehead atoms. The molecular weight excluding hydrogens is 254 g/mol. The van der Waals surface area contributed by atoms with Crippen molar-refractivity contribution in [3.05, 3.63) is 6.33 Å². The molecule has 0 amide bonds. The van der Waals surface area contributed by atoms with Crippen LogP contribution in [0.2, 0.25) is 0 Å². The molecular formula is C14H21N5O. The van der Waals surface area contributed by atoms with Gasteiger partial charge in [-0.15, -0.1) is 0 Å². The van der Waals surface area contributed by atoms with Gasteiger partial charge in [0.05, 0.1) is 7.11 Å². The Balaban J connectivity index is 2.01. The molecule has 0 spiro atoms. The summed E-state index contributed by atoms with van der Waals surface area (Å²) in [6, 6.07) is 0. The fourth-order valence-corrected chi connectivity index (χ4v) is 3.18. The summed E-state index contributed by atoms with van der Waals surface area (Å²) >= 11 is 0. The van der Waals surface area contributed by atoms with Gasteiger partial charge in [-0.2, -0.15) is 4.98 Å². The van der Waals surface area contributed by atoms with E-state index in [1.54, 1.807) is 7.11 Å². The minimum Gasteiger partial charge on any atom is -0.479 e. The molecule has 1 aliphatic rings. The van der Waals surface area contributed by atoms with Crippen LogP contribution < -0.4 is 10.5 Å². The van der Waals surface area contributed by atoms with E-state index in [2.05, 4.69) is 21.9 Å². The van der Waals surface area contributed by atoms with Gasteiger partial charge >= 0.3 is 0 Å². The van der Waals surface area contributed by atoms with Gasteiger partial charge in [-0.05, 0) is 18.3 Å². The first-order valence-electron chi connectivity index (χ1n) is 7.14. The van der Waals surface area contributed by atoms with Gasteiger partial charge in [-0.3, -0.25) is 4.57 Å². The Morgan fingerprint density at radius 2 is 2.05 bits per heavy atom. The minimum atomic E-state index is 0.276. The van der Waals surface area contributed by atoms with Gasteiger partial charge in [-0.1, -0.05) is 26.2 Å². The summed E-state index contributed by atoms with van der Waals surface area (Å²) in [5.74, 6) is 0.972. The van der Waals surface area contributed by atoms with Crippen LogP contribution in [-0.2, 0) is 6.54 Å². The van der Waals surface area contributed by atoms with E-state index in [4.69, 9.17) is 10.5 Å². The molecule has 2 N–H and O–H groups in total. The van der Waals surface area contributed by atoms with Crippen LogP contribution in [0.5, 0.6) is 5.88 Å². The summed E-state index contributed by atoms with van der Waals surface area (Å²) in [5.41, 5.74) is 7.77. The van der Waals surface area contributed by atoms with Crippen LogP contribution in [0.25, 0.3) is 11.2 Å². The second kappa shape index (κ2) is 4.92. The van der Waals surface area contributed by atoms with Gasteiger partial charge in [0.15, 0.2) is 11.2 Å². The Labute approximate surface area is 118 Å². The number of fused-ring (bicyclic) bond motifs is 1. The zero-order chi connectivity index (χ0) is 14.2. The third-order valence-corrected chi connectivity index (χ3v) is 4.32. The van der Waals surface area contributed by atoms with E-state index in [-0.39, 0.29) is 5.41 Å². The Morgan fingerprint density at radius 1 is 1.30 bits per heavy atom. The van der Waals surface area contributed by atoms with E-state index in [0.29, 0.717) is 17.3 Å². The summed E-state index contributed by atoms with van der Waals surface area (Å²) in [6.45, 7) is 3.19. The van der Waals surface area contributed by atoms with E-state index in [1.165, 1.54) is 38.4 Å². The van der Waals surface area contributed by atoms with Crippen molar-refractivity contribution in [3.63, 3.8) is 0 Å². The van der Waals surface area contributed by atoms with Crippen LogP contribution in [0.15, 0.2) is 6.33 Å². The van der Waals surface area contributed by atoms with Gasteiger partial charge in [-0.25, -0.2) is 9.97 Å². The fourth-order valence-electron chi connectivity index (χ4n) is 3.18. The Kier molecular flexibility index (Phi) is 3.23. The molecule has 0 saturated heterocycles. The maximum absolute atomic E-state index is 6.08. The molecule has 1 aliphatic carbocycles. The quantitative estimate of drug-likeness (QED) is 0.930. The molecule has 20 heavy (non-hydrogen) atoms. The molecule has 6 nitrogen and oxygen atoms in total. The number of nitrogens with zero attached hydrogens (tertiary/aromatic N) is 4. The van der Waals surface area contributed by atoms with Crippen LogP contribution in [0.4, 0.5) is 5.95 Å². The maximum atomic E-state index is 6.08. The number of hydrogen-bond acceptors (Lipinski definition) is 5. The predicted molar refractivity (Wildman–Crippen MR) is 77.5 cm³/mol. The summed E-state index contributed by atoms with van der Waals surface area (Å²) in [7, 11) is 1.58. The van der Waals surface area contributed by atoms with Gasteiger partial charge in [0, 0.05) is 6.54 Å². The highest BCUT2D eigenvalue weighted by Crippen LogP contribution is 2.38. The number of methoxy groups -OCH3 is 1. The number of imidazole rings is 1. The normalized spacial score (nSPS) is 18.3. The molecule has 0 unspecified atom stereocenters. The van der Waals surface area contributed by atoms with Crippen molar-refractivity contribution in [1.82, 2.24) is 19.5 Å². The summed E-state index contributed by atoms with van der Waals surface area (Å²) < 4.78 is 7.23. The van der Waals surface area contributed by atoms with Crippen molar-refractivity contribution in [2.45, 2.75) is 45.6 Å². The predicted octanol–water partition coefficient (Wildman–Crippen LogP) is 2.39. The van der Waals surface area contributed by atoms with Crippen LogP contribution in [-0.4, -0.2) is 26.6 Å². The van der Waals surface area contributed by atoms with E-state index < -0.39 is 0 Å². The zero-order valence-corrected chi connectivity index (χ0v) is 12.1. The van der Waals surface area contributed by atoms with E-state index in [9.17, 15) is 0 Å². The standard InChI is InChI=1S/C14H21N5O/c1-14(6-4-3-5-7-14)8-19-11-10(18-13(19)15)12(20-2)17-9-16-11/h9H,3-8H2,1-2H3,(H2,15,18). The second-order valence-corrected chi connectivity index (χ2v) is 5.98. The monoisotopic (exact) mass is 275 g/mol. The molecule has 108 valence electrons. The summed E-state index contributed by atoms with van der Waals surface area (Å²) in [5, 5.41) is 0. The van der Waals surface area contributed by atoms with Gasteiger partial charge in [0.25, 0.3) is 0 Å². The third kappa shape index (κ3) is 2.19. The van der Waals surface area contributed by atoms with Crippen LogP contribution in [0.3, 0.4) is 0 Å². The molecule has 2 aromatic rings. The number of aromatic nitrogens is 4. The SMILES string of the molecule is COc1ncnc2c1nc(N)n2CC1(C)CCCCC1. The number of ether oxygens (including phenoxy) is 1. The number of anilines is 1. The third-order valence-electron chi connectivity index (χ3n) is 4.32. The average Bonchev–Trinajstić information content (AvgIpc) is 2.75. The zero-order valence-electron chi connectivity index (χ0n) is 12.1. The Bertz CT molecular complexity index is 615. The van der Waals surface area contributed by atoms with Crippen molar-refractivity contribution in [1.29, 1.82) is 0 Å². The molecule has 2 heterocycles. The Hall–Kier alpha value is -1.85. The second-order valence-electron chi connectivity index (χ2n) is 5.98. The first kappa shape index (κ1) is 13.1. The highest BCUT2D eigenvalue weighted by molar-refractivity contribution is 5.78. The first-order valence-corrected chi connectivity index (χ1v) is 7.14. The minimum absolute atomic E-state index is 0.276. The molecule has 0 aliphatic heterocycles. The molecule has 2 aromatic heterocycles. The van der Waals surface area contributed by atoms with Crippen molar-refractivity contribution in [2.24, 2.45) is 5.41 Å². The van der Waals surface area contributed by atoms with Crippen molar-refractivity contribution in [3.8, 4) is 5.88 Å². The van der Waals surface area contributed by atoms with Crippen LogP contribution >= 0.6 is 0 Å². The first-order chi connectivity index (χ1) is 9.63. The topological polar surface area (TPSA) is 78.8 Å². The Morgan fingerprint density at radius 3 is 2.75 bits per heavy atom. The largest absolute Gasteiger partial charge is 0.479 e.